The molecule has 204 valence electrons. The molecular formula is C29H40ClN7O. The fourth-order valence-corrected chi connectivity index (χ4v) is 5.73. The molecule has 0 bridgehead atoms. The third-order valence-electron chi connectivity index (χ3n) is 7.58. The van der Waals surface area contributed by atoms with Gasteiger partial charge in [-0.05, 0) is 49.4 Å². The molecule has 2 aromatic carbocycles. The number of hydrogen-bond acceptors (Lipinski definition) is 8. The van der Waals surface area contributed by atoms with Gasteiger partial charge in [-0.15, -0.1) is 0 Å². The van der Waals surface area contributed by atoms with Crippen LogP contribution in [0.4, 0.5) is 5.69 Å². The highest BCUT2D eigenvalue weighted by atomic mass is 35.5. The van der Waals surface area contributed by atoms with Crippen LogP contribution in [-0.2, 0) is 6.54 Å². The van der Waals surface area contributed by atoms with Crippen molar-refractivity contribution in [3.8, 4) is 5.75 Å². The molecule has 2 heterocycles. The highest BCUT2D eigenvalue weighted by Crippen LogP contribution is 2.27. The number of nitrogens with zero attached hydrogens (tertiary/aromatic N) is 3. The van der Waals surface area contributed by atoms with Crippen molar-refractivity contribution in [3.63, 3.8) is 0 Å². The van der Waals surface area contributed by atoms with Crippen LogP contribution in [0.5, 0.6) is 5.75 Å². The normalized spacial score (nSPS) is 21.6. The minimum atomic E-state index is -0.243. The lowest BCUT2D eigenvalue weighted by atomic mass is 10.0. The molecule has 2 fully saturated rings. The fourth-order valence-electron chi connectivity index (χ4n) is 5.48. The molecule has 9 heteroatoms. The van der Waals surface area contributed by atoms with Gasteiger partial charge in [0.2, 0.25) is 11.9 Å². The van der Waals surface area contributed by atoms with Crippen molar-refractivity contribution in [1.82, 2.24) is 20.9 Å². The first-order valence-electron chi connectivity index (χ1n) is 14.0. The van der Waals surface area contributed by atoms with Crippen LogP contribution in [0.2, 0.25) is 5.02 Å². The van der Waals surface area contributed by atoms with Gasteiger partial charge in [0.25, 0.3) is 0 Å². The molecule has 2 aliphatic heterocycles. The zero-order valence-electron chi connectivity index (χ0n) is 22.3. The van der Waals surface area contributed by atoms with Gasteiger partial charge in [-0.25, -0.2) is 4.99 Å². The number of anilines is 1. The molecule has 0 spiro atoms. The summed E-state index contributed by atoms with van der Waals surface area (Å²) in [4.78, 5) is 12.2. The predicted octanol–water partition coefficient (Wildman–Crippen LogP) is 4.93. The highest BCUT2D eigenvalue weighted by Gasteiger charge is 2.25. The Hall–Kier alpha value is -2.81. The average Bonchev–Trinajstić information content (AvgIpc) is 3.19. The van der Waals surface area contributed by atoms with E-state index in [1.165, 1.54) is 44.1 Å². The number of piperidine rings is 1. The lowest BCUT2D eigenvalue weighted by Gasteiger charge is -2.34. The Morgan fingerprint density at radius 1 is 0.974 bits per heavy atom. The van der Waals surface area contributed by atoms with Crippen molar-refractivity contribution in [3.05, 3.63) is 59.1 Å². The van der Waals surface area contributed by atoms with E-state index in [0.717, 1.165) is 44.1 Å². The van der Waals surface area contributed by atoms with Gasteiger partial charge in [0.15, 0.2) is 6.29 Å². The van der Waals surface area contributed by atoms with Gasteiger partial charge in [-0.2, -0.15) is 4.99 Å². The van der Waals surface area contributed by atoms with Crippen molar-refractivity contribution in [2.45, 2.75) is 76.3 Å². The number of likely N-dealkylation sites (tertiary alicyclic amines) is 1. The third kappa shape index (κ3) is 7.62. The summed E-state index contributed by atoms with van der Waals surface area (Å²) in [6, 6.07) is 17.1. The van der Waals surface area contributed by atoms with Gasteiger partial charge in [0.05, 0.1) is 12.1 Å². The maximum atomic E-state index is 6.36. The molecule has 1 atom stereocenters. The summed E-state index contributed by atoms with van der Waals surface area (Å²) in [5, 5.41) is 14.8. The summed E-state index contributed by atoms with van der Waals surface area (Å²) in [7, 11) is 1.61. The Balaban J connectivity index is 1.23. The van der Waals surface area contributed by atoms with E-state index in [2.05, 4.69) is 56.5 Å². The van der Waals surface area contributed by atoms with Crippen LogP contribution in [0.1, 0.15) is 56.9 Å². The van der Waals surface area contributed by atoms with Gasteiger partial charge in [0, 0.05) is 37.4 Å². The number of hydrogen-bond donors (Lipinski definition) is 4. The summed E-state index contributed by atoms with van der Waals surface area (Å²) < 4.78 is 5.29. The van der Waals surface area contributed by atoms with Gasteiger partial charge in [-0.3, -0.25) is 10.2 Å². The maximum Gasteiger partial charge on any atom is 0.229 e. The zero-order valence-corrected chi connectivity index (χ0v) is 23.0. The Morgan fingerprint density at radius 3 is 2.45 bits per heavy atom. The van der Waals surface area contributed by atoms with E-state index in [1.54, 1.807) is 7.11 Å². The van der Waals surface area contributed by atoms with E-state index in [9.17, 15) is 0 Å². The smallest absolute Gasteiger partial charge is 0.229 e. The fraction of sp³-hybridized carbons (Fsp3) is 0.517. The summed E-state index contributed by atoms with van der Waals surface area (Å²) >= 11 is 6.36. The molecule has 38 heavy (non-hydrogen) atoms. The molecule has 0 aromatic heterocycles. The standard InChI is InChI=1S/C29H40ClN7O/c1-38-26-14-13-24(19-25(26)30)33-29-35-27(31-22-11-7-2-3-8-12-22)34-28(36-29)32-23-15-17-37(18-16-23)20-21-9-5-4-6-10-21/h4-6,9-10,13-14,19,22-23,27,31H,2-3,7-8,11-12,15-18,20H2,1H3,(H3,32,33,34,35,36). The van der Waals surface area contributed by atoms with E-state index in [-0.39, 0.29) is 6.29 Å². The van der Waals surface area contributed by atoms with Crippen molar-refractivity contribution in [1.29, 1.82) is 0 Å². The Bertz CT molecular complexity index is 1090. The zero-order chi connectivity index (χ0) is 26.2. The minimum Gasteiger partial charge on any atom is -0.495 e. The monoisotopic (exact) mass is 537 g/mol. The molecule has 1 aliphatic carbocycles. The molecular weight excluding hydrogens is 498 g/mol. The first kappa shape index (κ1) is 26.8. The van der Waals surface area contributed by atoms with E-state index in [4.69, 9.17) is 26.3 Å². The van der Waals surface area contributed by atoms with Gasteiger partial charge >= 0.3 is 0 Å². The molecule has 1 saturated carbocycles. The SMILES string of the molecule is COc1ccc(NC2=NC(NC3CCCCCC3)NC(NC3CCN(Cc4ccccc4)CC3)=N2)cc1Cl. The van der Waals surface area contributed by atoms with Crippen LogP contribution in [0.15, 0.2) is 58.5 Å². The highest BCUT2D eigenvalue weighted by molar-refractivity contribution is 6.32. The van der Waals surface area contributed by atoms with Crippen LogP contribution in [0.25, 0.3) is 0 Å². The number of ether oxygens (including phenoxy) is 1. The van der Waals surface area contributed by atoms with Gasteiger partial charge < -0.3 is 20.7 Å². The van der Waals surface area contributed by atoms with Crippen molar-refractivity contribution >= 4 is 29.2 Å². The molecule has 4 N–H and O–H groups in total. The molecule has 5 rings (SSSR count). The van der Waals surface area contributed by atoms with E-state index in [0.29, 0.717) is 28.8 Å². The first-order chi connectivity index (χ1) is 18.6. The maximum absolute atomic E-state index is 6.36. The average molecular weight is 538 g/mol. The molecule has 0 radical (unpaired) electrons. The number of methoxy groups -OCH3 is 1. The number of halogens is 1. The van der Waals surface area contributed by atoms with E-state index in [1.807, 2.05) is 18.2 Å². The predicted molar refractivity (Wildman–Crippen MR) is 156 cm³/mol. The minimum absolute atomic E-state index is 0.243. The molecule has 2 aromatic rings. The third-order valence-corrected chi connectivity index (χ3v) is 7.87. The van der Waals surface area contributed by atoms with Crippen LogP contribution in [-0.4, -0.2) is 55.4 Å². The van der Waals surface area contributed by atoms with Crippen LogP contribution in [0.3, 0.4) is 0 Å². The molecule has 8 nitrogen and oxygen atoms in total. The molecule has 3 aliphatic rings. The van der Waals surface area contributed by atoms with Crippen LogP contribution < -0.4 is 26.0 Å². The quantitative estimate of drug-likeness (QED) is 0.375. The number of nitrogens with one attached hydrogen (secondary N) is 4. The number of benzene rings is 2. The van der Waals surface area contributed by atoms with Crippen molar-refractivity contribution < 1.29 is 4.74 Å². The van der Waals surface area contributed by atoms with E-state index >= 15 is 0 Å². The lowest BCUT2D eigenvalue weighted by molar-refractivity contribution is 0.198. The number of rotatable bonds is 7. The van der Waals surface area contributed by atoms with Crippen LogP contribution >= 0.6 is 11.6 Å². The second-order valence-corrected chi connectivity index (χ2v) is 10.9. The Morgan fingerprint density at radius 2 is 1.74 bits per heavy atom. The van der Waals surface area contributed by atoms with Crippen molar-refractivity contribution in [2.24, 2.45) is 9.98 Å². The summed E-state index contributed by atoms with van der Waals surface area (Å²) in [6.45, 7) is 3.13. The van der Waals surface area contributed by atoms with Crippen molar-refractivity contribution in [2.75, 3.05) is 25.5 Å². The largest absolute Gasteiger partial charge is 0.495 e. The molecule has 1 saturated heterocycles. The number of aliphatic imine (C=N–C) groups is 2. The second kappa shape index (κ2) is 13.3. The first-order valence-corrected chi connectivity index (χ1v) is 14.3. The van der Waals surface area contributed by atoms with E-state index < -0.39 is 0 Å². The van der Waals surface area contributed by atoms with Gasteiger partial charge in [0.1, 0.15) is 5.75 Å². The summed E-state index contributed by atoms with van der Waals surface area (Å²) in [5.41, 5.74) is 2.19. The topological polar surface area (TPSA) is 85.3 Å². The molecule has 1 unspecified atom stereocenters. The van der Waals surface area contributed by atoms with Gasteiger partial charge in [-0.1, -0.05) is 67.6 Å². The summed E-state index contributed by atoms with van der Waals surface area (Å²) in [6.07, 6.45) is 9.45. The van der Waals surface area contributed by atoms with Crippen LogP contribution in [0, 0.1) is 0 Å². The lowest BCUT2D eigenvalue weighted by Crippen LogP contribution is -2.57. The Labute approximate surface area is 231 Å². The Kier molecular flexibility index (Phi) is 9.38. The molecule has 0 amide bonds. The summed E-state index contributed by atoms with van der Waals surface area (Å²) in [5.74, 6) is 1.96. The second-order valence-electron chi connectivity index (χ2n) is 10.5. The number of guanidine groups is 2.